The standard InChI is InChI=1S/C18H22N6O2/c25-17-15(7-4-8-22(17)11-14-5-2-1-3-6-14)21-18(26)23-9-10-24-16(12-23)19-13-20-24/h1-3,5-6,13,15H,4,7-12H2,(H,21,26). The summed E-state index contributed by atoms with van der Waals surface area (Å²) >= 11 is 0. The molecule has 8 heteroatoms. The first-order valence-electron chi connectivity index (χ1n) is 8.95. The second kappa shape index (κ2) is 7.15. The molecule has 2 aliphatic rings. The van der Waals surface area contributed by atoms with Gasteiger partial charge in [-0.1, -0.05) is 30.3 Å². The van der Waals surface area contributed by atoms with Crippen LogP contribution in [0.25, 0.3) is 0 Å². The second-order valence-corrected chi connectivity index (χ2v) is 6.71. The third-order valence-corrected chi connectivity index (χ3v) is 4.94. The third-order valence-electron chi connectivity index (χ3n) is 4.94. The van der Waals surface area contributed by atoms with Crippen LogP contribution in [0.3, 0.4) is 0 Å². The van der Waals surface area contributed by atoms with Gasteiger partial charge in [0.1, 0.15) is 18.2 Å². The summed E-state index contributed by atoms with van der Waals surface area (Å²) in [6.45, 7) is 2.92. The molecule has 26 heavy (non-hydrogen) atoms. The van der Waals surface area contributed by atoms with Crippen LogP contribution < -0.4 is 5.32 Å². The fraction of sp³-hybridized carbons (Fsp3) is 0.444. The van der Waals surface area contributed by atoms with Gasteiger partial charge in [0.05, 0.1) is 13.1 Å². The Kier molecular flexibility index (Phi) is 4.55. The zero-order valence-corrected chi connectivity index (χ0v) is 14.5. The number of piperidine rings is 1. The Morgan fingerprint density at radius 1 is 1.19 bits per heavy atom. The van der Waals surface area contributed by atoms with Gasteiger partial charge in [0.15, 0.2) is 0 Å². The summed E-state index contributed by atoms with van der Waals surface area (Å²) in [7, 11) is 0. The lowest BCUT2D eigenvalue weighted by molar-refractivity contribution is -0.136. The zero-order chi connectivity index (χ0) is 17.9. The van der Waals surface area contributed by atoms with Crippen molar-refractivity contribution < 1.29 is 9.59 Å². The maximum atomic E-state index is 12.8. The number of hydrogen-bond acceptors (Lipinski definition) is 4. The average molecular weight is 354 g/mol. The van der Waals surface area contributed by atoms with Crippen molar-refractivity contribution in [3.63, 3.8) is 0 Å². The summed E-state index contributed by atoms with van der Waals surface area (Å²) < 4.78 is 1.80. The van der Waals surface area contributed by atoms with Gasteiger partial charge in [-0.3, -0.25) is 4.79 Å². The molecule has 1 aromatic carbocycles. The van der Waals surface area contributed by atoms with Crippen LogP contribution in [0, 0.1) is 0 Å². The highest BCUT2D eigenvalue weighted by Crippen LogP contribution is 2.16. The lowest BCUT2D eigenvalue weighted by atomic mass is 10.0. The van der Waals surface area contributed by atoms with Crippen LogP contribution in [0.1, 0.15) is 24.2 Å². The van der Waals surface area contributed by atoms with Gasteiger partial charge < -0.3 is 15.1 Å². The summed E-state index contributed by atoms with van der Waals surface area (Å²) in [5, 5.41) is 7.03. The third kappa shape index (κ3) is 3.40. The molecule has 3 heterocycles. The fourth-order valence-electron chi connectivity index (χ4n) is 3.51. The SMILES string of the molecule is O=C(NC1CCCN(Cc2ccccc2)C1=O)N1CCn2ncnc2C1. The number of hydrogen-bond donors (Lipinski definition) is 1. The number of carbonyl (C=O) groups excluding carboxylic acids is 2. The van der Waals surface area contributed by atoms with Gasteiger partial charge in [0.25, 0.3) is 0 Å². The number of carbonyl (C=O) groups is 2. The molecule has 1 fully saturated rings. The van der Waals surface area contributed by atoms with Crippen molar-refractivity contribution in [2.45, 2.75) is 38.5 Å². The smallest absolute Gasteiger partial charge is 0.318 e. The Balaban J connectivity index is 1.37. The van der Waals surface area contributed by atoms with E-state index >= 15 is 0 Å². The molecular weight excluding hydrogens is 332 g/mol. The van der Waals surface area contributed by atoms with E-state index in [4.69, 9.17) is 0 Å². The van der Waals surface area contributed by atoms with Crippen molar-refractivity contribution in [1.29, 1.82) is 0 Å². The summed E-state index contributed by atoms with van der Waals surface area (Å²) in [6.07, 6.45) is 3.07. The molecule has 1 atom stereocenters. The number of likely N-dealkylation sites (tertiary alicyclic amines) is 1. The lowest BCUT2D eigenvalue weighted by Gasteiger charge is -2.34. The van der Waals surface area contributed by atoms with E-state index in [0.717, 1.165) is 24.4 Å². The molecule has 3 amide bonds. The molecule has 0 radical (unpaired) electrons. The number of rotatable bonds is 3. The molecule has 0 saturated carbocycles. The quantitative estimate of drug-likeness (QED) is 0.891. The Bertz CT molecular complexity index is 790. The Labute approximate surface area is 151 Å². The second-order valence-electron chi connectivity index (χ2n) is 6.71. The van der Waals surface area contributed by atoms with Crippen molar-refractivity contribution in [2.75, 3.05) is 13.1 Å². The monoisotopic (exact) mass is 354 g/mol. The van der Waals surface area contributed by atoms with Crippen molar-refractivity contribution in [1.82, 2.24) is 29.9 Å². The first-order chi connectivity index (χ1) is 12.7. The molecule has 2 aromatic rings. The summed E-state index contributed by atoms with van der Waals surface area (Å²) in [6, 6.07) is 9.26. The van der Waals surface area contributed by atoms with Crippen LogP contribution in [0.5, 0.6) is 0 Å². The van der Waals surface area contributed by atoms with Crippen LogP contribution in [0.2, 0.25) is 0 Å². The normalized spacial score (nSPS) is 20.0. The highest BCUT2D eigenvalue weighted by atomic mass is 16.2. The van der Waals surface area contributed by atoms with Crippen molar-refractivity contribution in [3.05, 3.63) is 48.0 Å². The maximum absolute atomic E-state index is 12.8. The maximum Gasteiger partial charge on any atom is 0.318 e. The molecule has 8 nitrogen and oxygen atoms in total. The van der Waals surface area contributed by atoms with Crippen molar-refractivity contribution in [2.24, 2.45) is 0 Å². The minimum atomic E-state index is -0.459. The van der Waals surface area contributed by atoms with E-state index in [2.05, 4.69) is 15.4 Å². The summed E-state index contributed by atoms with van der Waals surface area (Å²) in [4.78, 5) is 33.0. The van der Waals surface area contributed by atoms with E-state index in [1.165, 1.54) is 6.33 Å². The summed E-state index contributed by atoms with van der Waals surface area (Å²) in [5.74, 6) is 0.765. The molecule has 0 spiro atoms. The van der Waals surface area contributed by atoms with E-state index in [1.807, 2.05) is 35.2 Å². The molecule has 2 aliphatic heterocycles. The van der Waals surface area contributed by atoms with Crippen LogP contribution in [-0.4, -0.2) is 55.6 Å². The number of urea groups is 1. The largest absolute Gasteiger partial charge is 0.337 e. The Morgan fingerprint density at radius 2 is 2.04 bits per heavy atom. The number of nitrogens with one attached hydrogen (secondary N) is 1. The predicted molar refractivity (Wildman–Crippen MR) is 93.8 cm³/mol. The molecule has 4 rings (SSSR count). The van der Waals surface area contributed by atoms with Crippen molar-refractivity contribution in [3.8, 4) is 0 Å². The minimum absolute atomic E-state index is 0.00590. The van der Waals surface area contributed by atoms with Gasteiger partial charge in [-0.25, -0.2) is 14.5 Å². The number of benzene rings is 1. The molecule has 0 bridgehead atoms. The van der Waals surface area contributed by atoms with Gasteiger partial charge in [-0.05, 0) is 18.4 Å². The molecular formula is C18H22N6O2. The molecule has 1 saturated heterocycles. The average Bonchev–Trinajstić information content (AvgIpc) is 3.13. The van der Waals surface area contributed by atoms with E-state index in [9.17, 15) is 9.59 Å². The number of nitrogens with zero attached hydrogens (tertiary/aromatic N) is 5. The highest BCUT2D eigenvalue weighted by Gasteiger charge is 2.32. The van der Waals surface area contributed by atoms with E-state index in [0.29, 0.717) is 32.6 Å². The topological polar surface area (TPSA) is 83.4 Å². The van der Waals surface area contributed by atoms with Crippen LogP contribution in [0.4, 0.5) is 4.79 Å². The van der Waals surface area contributed by atoms with Crippen LogP contribution in [0.15, 0.2) is 36.7 Å². The lowest BCUT2D eigenvalue weighted by Crippen LogP contribution is -2.55. The number of aromatic nitrogens is 3. The van der Waals surface area contributed by atoms with E-state index < -0.39 is 6.04 Å². The Hall–Kier alpha value is -2.90. The molecule has 1 unspecified atom stereocenters. The fourth-order valence-corrected chi connectivity index (χ4v) is 3.51. The molecule has 0 aliphatic carbocycles. The van der Waals surface area contributed by atoms with Crippen LogP contribution >= 0.6 is 0 Å². The predicted octanol–water partition coefficient (Wildman–Crippen LogP) is 0.994. The van der Waals surface area contributed by atoms with Gasteiger partial charge in [-0.2, -0.15) is 5.10 Å². The minimum Gasteiger partial charge on any atom is -0.337 e. The van der Waals surface area contributed by atoms with E-state index in [-0.39, 0.29) is 11.9 Å². The van der Waals surface area contributed by atoms with E-state index in [1.54, 1.807) is 9.58 Å². The molecule has 136 valence electrons. The van der Waals surface area contributed by atoms with Gasteiger partial charge >= 0.3 is 6.03 Å². The molecule has 1 aromatic heterocycles. The first kappa shape index (κ1) is 16.6. The number of fused-ring (bicyclic) bond motifs is 1. The van der Waals surface area contributed by atoms with Crippen LogP contribution in [-0.2, 0) is 24.4 Å². The molecule has 1 N–H and O–H groups in total. The Morgan fingerprint density at radius 3 is 2.88 bits per heavy atom. The number of amides is 3. The van der Waals surface area contributed by atoms with Gasteiger partial charge in [-0.15, -0.1) is 0 Å². The van der Waals surface area contributed by atoms with Crippen molar-refractivity contribution >= 4 is 11.9 Å². The summed E-state index contributed by atoms with van der Waals surface area (Å²) in [5.41, 5.74) is 1.10. The van der Waals surface area contributed by atoms with Gasteiger partial charge in [0, 0.05) is 19.6 Å². The zero-order valence-electron chi connectivity index (χ0n) is 14.5. The highest BCUT2D eigenvalue weighted by molar-refractivity contribution is 5.87. The first-order valence-corrected chi connectivity index (χ1v) is 8.95. The van der Waals surface area contributed by atoms with Gasteiger partial charge in [0.2, 0.25) is 5.91 Å².